The number of hydrogen-bond acceptors (Lipinski definition) is 4. The van der Waals surface area contributed by atoms with Crippen LogP contribution in [-0.2, 0) is 12.8 Å². The zero-order valence-corrected chi connectivity index (χ0v) is 8.21. The molecule has 1 aromatic heterocycles. The van der Waals surface area contributed by atoms with E-state index in [0.717, 1.165) is 11.6 Å². The molecule has 0 radical (unpaired) electrons. The van der Waals surface area contributed by atoms with Gasteiger partial charge in [-0.3, -0.25) is 4.68 Å². The van der Waals surface area contributed by atoms with Gasteiger partial charge in [0.2, 0.25) is 0 Å². The van der Waals surface area contributed by atoms with Crippen molar-refractivity contribution in [3.63, 3.8) is 0 Å². The minimum Gasteiger partial charge on any atom is -0.329 e. The molecule has 0 aliphatic heterocycles. The summed E-state index contributed by atoms with van der Waals surface area (Å²) in [5, 5.41) is 4.47. The van der Waals surface area contributed by atoms with Crippen molar-refractivity contribution in [1.29, 1.82) is 0 Å². The molecule has 1 heterocycles. The van der Waals surface area contributed by atoms with Gasteiger partial charge in [0.1, 0.15) is 12.2 Å². The van der Waals surface area contributed by atoms with Gasteiger partial charge in [-0.05, 0) is 0 Å². The second kappa shape index (κ2) is 4.47. The summed E-state index contributed by atoms with van der Waals surface area (Å²) in [5.41, 5.74) is 5.49. The maximum atomic E-state index is 5.49. The minimum atomic E-state index is 0.488. The summed E-state index contributed by atoms with van der Waals surface area (Å²) in [6.45, 7) is 2.82. The predicted octanol–water partition coefficient (Wildman–Crippen LogP) is 0.396. The fraction of sp³-hybridized carbons (Fsp3) is 0.714. The van der Waals surface area contributed by atoms with E-state index in [0.29, 0.717) is 11.8 Å². The van der Waals surface area contributed by atoms with E-state index in [1.807, 2.05) is 7.05 Å². The van der Waals surface area contributed by atoms with E-state index >= 15 is 0 Å². The van der Waals surface area contributed by atoms with Crippen LogP contribution in [0.3, 0.4) is 0 Å². The summed E-state index contributed by atoms with van der Waals surface area (Å²) < 4.78 is 1.79. The molecule has 0 saturated carbocycles. The monoisotopic (exact) mass is 186 g/mol. The fourth-order valence-electron chi connectivity index (χ4n) is 0.736. The Morgan fingerprint density at radius 3 is 3.00 bits per heavy atom. The molecular formula is C7H14N4S. The molecule has 1 aromatic rings. The highest BCUT2D eigenvalue weighted by Gasteiger charge is 2.03. The smallest absolute Gasteiger partial charge is 0.138 e. The second-order valence-corrected chi connectivity index (χ2v) is 4.08. The molecule has 2 N–H and O–H groups in total. The van der Waals surface area contributed by atoms with Crippen molar-refractivity contribution < 1.29 is 0 Å². The van der Waals surface area contributed by atoms with Crippen LogP contribution in [0.15, 0.2) is 6.33 Å². The molecule has 0 aromatic carbocycles. The van der Waals surface area contributed by atoms with Gasteiger partial charge in [-0.15, -0.1) is 11.8 Å². The van der Waals surface area contributed by atoms with Crippen LogP contribution in [0.25, 0.3) is 0 Å². The lowest BCUT2D eigenvalue weighted by Crippen LogP contribution is -2.13. The lowest BCUT2D eigenvalue weighted by Gasteiger charge is -2.06. The Hall–Kier alpha value is -0.550. The maximum Gasteiger partial charge on any atom is 0.138 e. The number of aromatic nitrogens is 3. The second-order valence-electron chi connectivity index (χ2n) is 2.66. The standard InChI is InChI=1S/C7H14N4S/c1-6(3-8)12-4-7-9-5-10-11(7)2/h5-6H,3-4,8H2,1-2H3. The van der Waals surface area contributed by atoms with Gasteiger partial charge < -0.3 is 5.73 Å². The third kappa shape index (κ3) is 2.49. The Morgan fingerprint density at radius 1 is 1.75 bits per heavy atom. The topological polar surface area (TPSA) is 56.7 Å². The van der Waals surface area contributed by atoms with Crippen LogP contribution in [0.2, 0.25) is 0 Å². The zero-order valence-electron chi connectivity index (χ0n) is 7.40. The summed E-state index contributed by atoms with van der Waals surface area (Å²) in [6.07, 6.45) is 1.57. The maximum absolute atomic E-state index is 5.49. The van der Waals surface area contributed by atoms with E-state index in [1.54, 1.807) is 22.8 Å². The van der Waals surface area contributed by atoms with Gasteiger partial charge in [0.05, 0.1) is 5.75 Å². The molecule has 4 nitrogen and oxygen atoms in total. The molecule has 0 amide bonds. The summed E-state index contributed by atoms with van der Waals surface area (Å²) >= 11 is 1.80. The number of aryl methyl sites for hydroxylation is 1. The van der Waals surface area contributed by atoms with E-state index in [1.165, 1.54) is 0 Å². The van der Waals surface area contributed by atoms with Gasteiger partial charge in [-0.1, -0.05) is 6.92 Å². The average Bonchev–Trinajstić information content (AvgIpc) is 2.47. The molecule has 0 aliphatic rings. The number of nitrogens with zero attached hydrogens (tertiary/aromatic N) is 3. The fourth-order valence-corrected chi connectivity index (χ4v) is 1.57. The SMILES string of the molecule is CC(CN)SCc1ncnn1C. The van der Waals surface area contributed by atoms with Crippen LogP contribution < -0.4 is 5.73 Å². The molecule has 0 fully saturated rings. The van der Waals surface area contributed by atoms with E-state index in [-0.39, 0.29) is 0 Å². The van der Waals surface area contributed by atoms with Crippen molar-refractivity contribution in [3.8, 4) is 0 Å². The summed E-state index contributed by atoms with van der Waals surface area (Å²) in [7, 11) is 1.90. The third-order valence-corrected chi connectivity index (χ3v) is 2.82. The molecule has 0 bridgehead atoms. The highest BCUT2D eigenvalue weighted by Crippen LogP contribution is 2.14. The Bertz CT molecular complexity index is 235. The Balaban J connectivity index is 2.38. The summed E-state index contributed by atoms with van der Waals surface area (Å²) in [6, 6.07) is 0. The van der Waals surface area contributed by atoms with Crippen LogP contribution in [0.4, 0.5) is 0 Å². The first kappa shape index (κ1) is 9.54. The lowest BCUT2D eigenvalue weighted by molar-refractivity contribution is 0.729. The van der Waals surface area contributed by atoms with Gasteiger partial charge in [0.25, 0.3) is 0 Å². The van der Waals surface area contributed by atoms with Gasteiger partial charge in [0.15, 0.2) is 0 Å². The zero-order chi connectivity index (χ0) is 8.97. The molecule has 12 heavy (non-hydrogen) atoms. The van der Waals surface area contributed by atoms with Gasteiger partial charge in [-0.25, -0.2) is 4.98 Å². The van der Waals surface area contributed by atoms with Crippen LogP contribution >= 0.6 is 11.8 Å². The van der Waals surface area contributed by atoms with Crippen molar-refractivity contribution >= 4 is 11.8 Å². The third-order valence-electron chi connectivity index (χ3n) is 1.63. The lowest BCUT2D eigenvalue weighted by atomic mass is 10.5. The van der Waals surface area contributed by atoms with Crippen molar-refractivity contribution in [2.45, 2.75) is 17.9 Å². The van der Waals surface area contributed by atoms with Crippen LogP contribution in [-0.4, -0.2) is 26.6 Å². The molecule has 1 rings (SSSR count). The number of nitrogens with two attached hydrogens (primary N) is 1. The van der Waals surface area contributed by atoms with Crippen molar-refractivity contribution in [1.82, 2.24) is 14.8 Å². The first-order chi connectivity index (χ1) is 5.74. The van der Waals surface area contributed by atoms with Crippen molar-refractivity contribution in [2.75, 3.05) is 6.54 Å². The molecular weight excluding hydrogens is 172 g/mol. The van der Waals surface area contributed by atoms with Gasteiger partial charge in [-0.2, -0.15) is 5.10 Å². The predicted molar refractivity (Wildman–Crippen MR) is 50.8 cm³/mol. The van der Waals surface area contributed by atoms with E-state index in [4.69, 9.17) is 5.73 Å². The minimum absolute atomic E-state index is 0.488. The molecule has 0 aliphatic carbocycles. The first-order valence-corrected chi connectivity index (χ1v) is 4.93. The molecule has 0 spiro atoms. The normalized spacial score (nSPS) is 13.2. The molecule has 1 unspecified atom stereocenters. The Labute approximate surface area is 76.5 Å². The number of thioether (sulfide) groups is 1. The van der Waals surface area contributed by atoms with E-state index in [2.05, 4.69) is 17.0 Å². The van der Waals surface area contributed by atoms with Gasteiger partial charge in [0, 0.05) is 18.8 Å². The van der Waals surface area contributed by atoms with E-state index in [9.17, 15) is 0 Å². The largest absolute Gasteiger partial charge is 0.329 e. The number of rotatable bonds is 4. The number of hydrogen-bond donors (Lipinski definition) is 1. The summed E-state index contributed by atoms with van der Waals surface area (Å²) in [5.74, 6) is 1.88. The van der Waals surface area contributed by atoms with Crippen LogP contribution in [0.1, 0.15) is 12.7 Å². The Morgan fingerprint density at radius 2 is 2.50 bits per heavy atom. The highest BCUT2D eigenvalue weighted by atomic mass is 32.2. The summed E-state index contributed by atoms with van der Waals surface area (Å²) in [4.78, 5) is 4.11. The highest BCUT2D eigenvalue weighted by molar-refractivity contribution is 7.99. The average molecular weight is 186 g/mol. The quantitative estimate of drug-likeness (QED) is 0.739. The molecule has 5 heteroatoms. The van der Waals surface area contributed by atoms with Crippen LogP contribution in [0.5, 0.6) is 0 Å². The molecule has 68 valence electrons. The first-order valence-electron chi connectivity index (χ1n) is 3.88. The van der Waals surface area contributed by atoms with Gasteiger partial charge >= 0.3 is 0 Å². The van der Waals surface area contributed by atoms with E-state index < -0.39 is 0 Å². The Kier molecular flexibility index (Phi) is 3.55. The molecule has 1 atom stereocenters. The van der Waals surface area contributed by atoms with Crippen molar-refractivity contribution in [2.24, 2.45) is 12.8 Å². The molecule has 0 saturated heterocycles. The van der Waals surface area contributed by atoms with Crippen LogP contribution in [0, 0.1) is 0 Å². The van der Waals surface area contributed by atoms with Crippen molar-refractivity contribution in [3.05, 3.63) is 12.2 Å².